The Kier molecular flexibility index (Phi) is 4.07. The molecule has 1 amide bonds. The Morgan fingerprint density at radius 1 is 1.29 bits per heavy atom. The van der Waals surface area contributed by atoms with Gasteiger partial charge in [-0.1, -0.05) is 12.1 Å². The first-order chi connectivity index (χ1) is 11.3. The number of pyridine rings is 1. The number of hydrogen-bond acceptors (Lipinski definition) is 2. The van der Waals surface area contributed by atoms with Crippen molar-refractivity contribution >= 4 is 11.6 Å². The number of carbonyl (C=O) groups is 1. The van der Waals surface area contributed by atoms with Crippen molar-refractivity contribution in [3.63, 3.8) is 0 Å². The molecule has 1 aliphatic rings. The molecule has 2 aromatic rings. The van der Waals surface area contributed by atoms with E-state index in [-0.39, 0.29) is 35.9 Å². The van der Waals surface area contributed by atoms with Crippen LogP contribution in [0.5, 0.6) is 0 Å². The topological polar surface area (TPSA) is 33.2 Å². The highest BCUT2D eigenvalue weighted by Gasteiger charge is 2.30. The Labute approximate surface area is 138 Å². The molecule has 0 aliphatic carbocycles. The smallest absolute Gasteiger partial charge is 0.272 e. The average Bonchev–Trinajstić information content (AvgIpc) is 2.66. The van der Waals surface area contributed by atoms with Crippen molar-refractivity contribution in [2.45, 2.75) is 32.6 Å². The maximum Gasteiger partial charge on any atom is 0.272 e. The zero-order valence-corrected chi connectivity index (χ0v) is 13.4. The first-order valence-corrected chi connectivity index (χ1v) is 7.69. The van der Waals surface area contributed by atoms with Gasteiger partial charge >= 0.3 is 0 Å². The van der Waals surface area contributed by atoms with Crippen LogP contribution in [-0.2, 0) is 23.6 Å². The van der Waals surface area contributed by atoms with Crippen molar-refractivity contribution in [3.05, 3.63) is 58.7 Å². The van der Waals surface area contributed by atoms with E-state index in [1.54, 1.807) is 12.1 Å². The van der Waals surface area contributed by atoms with Gasteiger partial charge < -0.3 is 4.90 Å². The van der Waals surface area contributed by atoms with Crippen LogP contribution in [0.15, 0.2) is 30.5 Å². The van der Waals surface area contributed by atoms with Gasteiger partial charge in [0.15, 0.2) is 0 Å². The molecule has 0 saturated heterocycles. The van der Waals surface area contributed by atoms with E-state index in [4.69, 9.17) is 0 Å². The molecule has 0 radical (unpaired) electrons. The number of anilines is 1. The predicted octanol–water partition coefficient (Wildman–Crippen LogP) is 3.77. The van der Waals surface area contributed by atoms with Crippen molar-refractivity contribution in [3.8, 4) is 0 Å². The third-order valence-electron chi connectivity index (χ3n) is 4.30. The lowest BCUT2D eigenvalue weighted by molar-refractivity contribution is -0.117. The maximum absolute atomic E-state index is 13.9. The van der Waals surface area contributed by atoms with Gasteiger partial charge in [0, 0.05) is 24.7 Å². The molecule has 3 nitrogen and oxygen atoms in total. The average molecular weight is 334 g/mol. The van der Waals surface area contributed by atoms with Gasteiger partial charge in [-0.3, -0.25) is 9.78 Å². The van der Waals surface area contributed by atoms with Gasteiger partial charge in [-0.2, -0.15) is 0 Å². The molecular formula is C18H17F3N2O. The molecular weight excluding hydrogens is 317 g/mol. The van der Waals surface area contributed by atoms with Crippen molar-refractivity contribution in [2.24, 2.45) is 0 Å². The third kappa shape index (κ3) is 3.00. The van der Waals surface area contributed by atoms with Crippen LogP contribution in [0.2, 0.25) is 0 Å². The first-order valence-electron chi connectivity index (χ1n) is 7.69. The fourth-order valence-electron chi connectivity index (χ4n) is 3.04. The fourth-order valence-corrected chi connectivity index (χ4v) is 3.04. The summed E-state index contributed by atoms with van der Waals surface area (Å²) in [6.07, 6.45) is 1.78. The number of hydrogen-bond donors (Lipinski definition) is 0. The number of rotatable bonds is 2. The van der Waals surface area contributed by atoms with Gasteiger partial charge in [0.2, 0.25) is 5.91 Å². The molecule has 0 fully saturated rings. The Hall–Kier alpha value is -2.37. The Morgan fingerprint density at radius 2 is 2.04 bits per heavy atom. The van der Waals surface area contributed by atoms with E-state index >= 15 is 0 Å². The summed E-state index contributed by atoms with van der Waals surface area (Å²) in [6.45, 7) is 2.54. The third-order valence-corrected chi connectivity index (χ3v) is 4.30. The number of benzene rings is 1. The van der Waals surface area contributed by atoms with Gasteiger partial charge in [-0.15, -0.1) is 0 Å². The molecule has 126 valence electrons. The van der Waals surface area contributed by atoms with E-state index in [2.05, 4.69) is 4.98 Å². The van der Waals surface area contributed by atoms with E-state index in [0.29, 0.717) is 23.2 Å². The van der Waals surface area contributed by atoms with Crippen LogP contribution < -0.4 is 4.90 Å². The van der Waals surface area contributed by atoms with Crippen molar-refractivity contribution in [1.29, 1.82) is 0 Å². The number of amides is 1. The lowest BCUT2D eigenvalue weighted by Gasteiger charge is -2.22. The van der Waals surface area contributed by atoms with Crippen LogP contribution in [-0.4, -0.2) is 17.4 Å². The van der Waals surface area contributed by atoms with E-state index in [1.165, 1.54) is 30.2 Å². The van der Waals surface area contributed by atoms with Crippen LogP contribution >= 0.6 is 0 Å². The van der Waals surface area contributed by atoms with E-state index in [1.807, 2.05) is 0 Å². The van der Waals surface area contributed by atoms with Gasteiger partial charge in [0.05, 0.1) is 18.3 Å². The lowest BCUT2D eigenvalue weighted by Crippen LogP contribution is -2.32. The van der Waals surface area contributed by atoms with Crippen LogP contribution in [0, 0.1) is 12.7 Å². The SMILES string of the molecule is Cc1ncc(N2CCc3c(F)cccc3CC2=O)cc1C(C)(F)F. The minimum Gasteiger partial charge on any atom is -0.310 e. The van der Waals surface area contributed by atoms with Crippen LogP contribution in [0.4, 0.5) is 18.9 Å². The monoisotopic (exact) mass is 334 g/mol. The van der Waals surface area contributed by atoms with Crippen LogP contribution in [0.25, 0.3) is 0 Å². The summed E-state index contributed by atoms with van der Waals surface area (Å²) in [7, 11) is 0. The number of alkyl halides is 2. The standard InChI is InChI=1S/C18H17F3N2O/c1-11-15(18(2,20)21)9-13(10-22-11)23-7-6-14-12(8-17(23)24)4-3-5-16(14)19/h3-5,9-10H,6-8H2,1-2H3. The summed E-state index contributed by atoms with van der Waals surface area (Å²) >= 11 is 0. The van der Waals surface area contributed by atoms with Crippen molar-refractivity contribution in [1.82, 2.24) is 4.98 Å². The number of fused-ring (bicyclic) bond motifs is 1. The lowest BCUT2D eigenvalue weighted by atomic mass is 10.0. The molecule has 0 N–H and O–H groups in total. The van der Waals surface area contributed by atoms with Gasteiger partial charge in [0.25, 0.3) is 5.92 Å². The quantitative estimate of drug-likeness (QED) is 0.837. The summed E-state index contributed by atoms with van der Waals surface area (Å²) < 4.78 is 41.4. The molecule has 1 aromatic heterocycles. The summed E-state index contributed by atoms with van der Waals surface area (Å²) in [6, 6.07) is 5.95. The van der Waals surface area contributed by atoms with Gasteiger partial charge in [0.1, 0.15) is 5.82 Å². The minimum atomic E-state index is -3.04. The molecule has 3 rings (SSSR count). The summed E-state index contributed by atoms with van der Waals surface area (Å²) in [5.74, 6) is -3.64. The number of halogens is 3. The Balaban J connectivity index is 1.97. The molecule has 6 heteroatoms. The number of aromatic nitrogens is 1. The molecule has 24 heavy (non-hydrogen) atoms. The predicted molar refractivity (Wildman–Crippen MR) is 84.7 cm³/mol. The first kappa shape index (κ1) is 16.5. The van der Waals surface area contributed by atoms with Gasteiger partial charge in [-0.25, -0.2) is 13.2 Å². The van der Waals surface area contributed by atoms with Crippen LogP contribution in [0.3, 0.4) is 0 Å². The molecule has 0 unspecified atom stereocenters. The zero-order chi connectivity index (χ0) is 17.5. The molecule has 0 saturated carbocycles. The zero-order valence-electron chi connectivity index (χ0n) is 13.4. The Bertz CT molecular complexity index is 799. The number of carbonyl (C=O) groups excluding carboxylic acids is 1. The number of nitrogens with zero attached hydrogens (tertiary/aromatic N) is 2. The Morgan fingerprint density at radius 3 is 2.75 bits per heavy atom. The van der Waals surface area contributed by atoms with E-state index < -0.39 is 5.92 Å². The maximum atomic E-state index is 13.9. The summed E-state index contributed by atoms with van der Waals surface area (Å²) in [5, 5.41) is 0. The second kappa shape index (κ2) is 5.92. The fraction of sp³-hybridized carbons (Fsp3) is 0.333. The summed E-state index contributed by atoms with van der Waals surface area (Å²) in [5.41, 5.74) is 1.48. The second-order valence-electron chi connectivity index (χ2n) is 6.06. The molecule has 1 aliphatic heterocycles. The van der Waals surface area contributed by atoms with Gasteiger partial charge in [-0.05, 0) is 36.6 Å². The van der Waals surface area contributed by atoms with Crippen LogP contribution in [0.1, 0.15) is 29.3 Å². The minimum absolute atomic E-state index is 0.0405. The number of aryl methyl sites for hydroxylation is 1. The highest BCUT2D eigenvalue weighted by Crippen LogP contribution is 2.32. The molecule has 2 heterocycles. The largest absolute Gasteiger partial charge is 0.310 e. The highest BCUT2D eigenvalue weighted by atomic mass is 19.3. The highest BCUT2D eigenvalue weighted by molar-refractivity contribution is 5.95. The van der Waals surface area contributed by atoms with E-state index in [9.17, 15) is 18.0 Å². The van der Waals surface area contributed by atoms with E-state index in [0.717, 1.165) is 6.92 Å². The molecule has 0 bridgehead atoms. The normalized spacial score (nSPS) is 15.2. The molecule has 0 spiro atoms. The van der Waals surface area contributed by atoms with Crippen molar-refractivity contribution < 1.29 is 18.0 Å². The summed E-state index contributed by atoms with van der Waals surface area (Å²) in [4.78, 5) is 17.9. The van der Waals surface area contributed by atoms with Crippen molar-refractivity contribution in [2.75, 3.05) is 11.4 Å². The molecule has 1 aromatic carbocycles. The molecule has 0 atom stereocenters. The second-order valence-corrected chi connectivity index (χ2v) is 6.06.